The Morgan fingerprint density at radius 2 is 1.72 bits per heavy atom. The molecule has 0 aromatic heterocycles. The van der Waals surface area contributed by atoms with Gasteiger partial charge in [-0.1, -0.05) is 6.07 Å². The third-order valence-corrected chi connectivity index (χ3v) is 7.69. The van der Waals surface area contributed by atoms with Gasteiger partial charge < -0.3 is 15.1 Å². The van der Waals surface area contributed by atoms with E-state index < -0.39 is 0 Å². The van der Waals surface area contributed by atoms with Crippen molar-refractivity contribution in [3.05, 3.63) is 63.4 Å². The van der Waals surface area contributed by atoms with Crippen LogP contribution in [0.25, 0.3) is 5.57 Å². The molecule has 0 radical (unpaired) electrons. The fraction of sp³-hybridized carbons (Fsp3) is 0.423. The van der Waals surface area contributed by atoms with Gasteiger partial charge in [0.2, 0.25) is 0 Å². The average molecular weight is 541 g/mol. The molecule has 32 heavy (non-hydrogen) atoms. The van der Waals surface area contributed by atoms with Crippen LogP contribution >= 0.6 is 22.6 Å². The van der Waals surface area contributed by atoms with E-state index in [1.165, 1.54) is 65.0 Å². The van der Waals surface area contributed by atoms with E-state index in [0.717, 1.165) is 31.4 Å². The summed E-state index contributed by atoms with van der Waals surface area (Å²) in [6, 6.07) is 16.2. The summed E-state index contributed by atoms with van der Waals surface area (Å²) in [5, 5.41) is 3.49. The van der Waals surface area contributed by atoms with Crippen molar-refractivity contribution in [3.63, 3.8) is 0 Å². The molecule has 5 nitrogen and oxygen atoms in total. The molecule has 1 N–H and O–H groups in total. The van der Waals surface area contributed by atoms with Gasteiger partial charge in [-0.2, -0.15) is 0 Å². The number of anilines is 2. The molecule has 0 unspecified atom stereocenters. The summed E-state index contributed by atoms with van der Waals surface area (Å²) in [4.78, 5) is 12.2. The lowest BCUT2D eigenvalue weighted by atomic mass is 9.99. The van der Waals surface area contributed by atoms with Crippen LogP contribution in [-0.2, 0) is 0 Å². The minimum Gasteiger partial charge on any atom is -0.369 e. The van der Waals surface area contributed by atoms with Gasteiger partial charge in [0, 0.05) is 59.6 Å². The molecule has 0 bridgehead atoms. The SMILES string of the molecule is CN1CCC(N2CCN(c3ccc(N/C=C4\CN=Cc5ccc(I)cc54)cc3)CC2)CC1. The predicted octanol–water partition coefficient (Wildman–Crippen LogP) is 4.39. The van der Waals surface area contributed by atoms with Crippen LogP contribution in [0, 0.1) is 3.57 Å². The molecule has 0 saturated carbocycles. The maximum absolute atomic E-state index is 4.51. The Morgan fingerprint density at radius 1 is 0.969 bits per heavy atom. The third kappa shape index (κ3) is 5.02. The molecule has 2 saturated heterocycles. The molecule has 2 fully saturated rings. The lowest BCUT2D eigenvalue weighted by molar-refractivity contribution is 0.115. The number of benzene rings is 2. The monoisotopic (exact) mass is 541 g/mol. The highest BCUT2D eigenvalue weighted by atomic mass is 127. The van der Waals surface area contributed by atoms with Gasteiger partial charge >= 0.3 is 0 Å². The molecule has 6 heteroatoms. The largest absolute Gasteiger partial charge is 0.369 e. The number of halogens is 1. The highest BCUT2D eigenvalue weighted by molar-refractivity contribution is 14.1. The van der Waals surface area contributed by atoms with E-state index in [1.54, 1.807) is 0 Å². The van der Waals surface area contributed by atoms with Crippen molar-refractivity contribution < 1.29 is 0 Å². The van der Waals surface area contributed by atoms with Gasteiger partial charge in [-0.3, -0.25) is 9.89 Å². The first-order valence-electron chi connectivity index (χ1n) is 11.7. The van der Waals surface area contributed by atoms with Crippen LogP contribution in [0.1, 0.15) is 24.0 Å². The van der Waals surface area contributed by atoms with Crippen LogP contribution < -0.4 is 10.2 Å². The number of nitrogens with zero attached hydrogens (tertiary/aromatic N) is 4. The number of hydrogen-bond donors (Lipinski definition) is 1. The van der Waals surface area contributed by atoms with E-state index in [-0.39, 0.29) is 0 Å². The van der Waals surface area contributed by atoms with Crippen molar-refractivity contribution in [1.82, 2.24) is 9.80 Å². The number of rotatable bonds is 4. The van der Waals surface area contributed by atoms with Crippen LogP contribution in [0.3, 0.4) is 0 Å². The average Bonchev–Trinajstić information content (AvgIpc) is 2.84. The molecule has 0 atom stereocenters. The van der Waals surface area contributed by atoms with Crippen molar-refractivity contribution in [1.29, 1.82) is 0 Å². The third-order valence-electron chi connectivity index (χ3n) is 7.02. The number of likely N-dealkylation sites (tertiary alicyclic amines) is 1. The highest BCUT2D eigenvalue weighted by Crippen LogP contribution is 2.26. The standard InChI is InChI=1S/C26H32IN5/c1-30-10-8-25(9-11-30)32-14-12-31(13-15-32)24-6-4-23(5-7-24)29-19-21-18-28-17-20-2-3-22(27)16-26(20)21/h2-7,16-17,19,25,29H,8-15,18H2,1H3/b21-19+. The van der Waals surface area contributed by atoms with Crippen LogP contribution in [0.5, 0.6) is 0 Å². The Labute approximate surface area is 205 Å². The summed E-state index contributed by atoms with van der Waals surface area (Å²) in [7, 11) is 2.24. The van der Waals surface area contributed by atoms with Gasteiger partial charge in [0.05, 0.1) is 6.54 Å². The lowest BCUT2D eigenvalue weighted by Gasteiger charge is -2.42. The molecule has 0 aliphatic carbocycles. The zero-order valence-corrected chi connectivity index (χ0v) is 21.0. The summed E-state index contributed by atoms with van der Waals surface area (Å²) < 4.78 is 1.25. The fourth-order valence-electron chi connectivity index (χ4n) is 5.01. The molecule has 2 aromatic carbocycles. The number of piperazine rings is 1. The van der Waals surface area contributed by atoms with Crippen LogP contribution in [0.15, 0.2) is 53.7 Å². The first-order chi connectivity index (χ1) is 15.7. The Morgan fingerprint density at radius 3 is 2.47 bits per heavy atom. The van der Waals surface area contributed by atoms with E-state index >= 15 is 0 Å². The van der Waals surface area contributed by atoms with Gasteiger partial charge in [-0.25, -0.2) is 0 Å². The van der Waals surface area contributed by atoms with Crippen molar-refractivity contribution in [2.75, 3.05) is 63.1 Å². The quantitative estimate of drug-likeness (QED) is 0.583. The van der Waals surface area contributed by atoms with Crippen molar-refractivity contribution in [2.24, 2.45) is 4.99 Å². The van der Waals surface area contributed by atoms with Crippen LogP contribution in [0.2, 0.25) is 0 Å². The van der Waals surface area contributed by atoms with Gasteiger partial charge in [-0.05, 0) is 109 Å². The molecular weight excluding hydrogens is 509 g/mol. The van der Waals surface area contributed by atoms with Gasteiger partial charge in [0.25, 0.3) is 0 Å². The molecule has 2 aromatic rings. The molecular formula is C26H32IN5. The van der Waals surface area contributed by atoms with Gasteiger partial charge in [-0.15, -0.1) is 0 Å². The van der Waals surface area contributed by atoms with E-state index in [0.29, 0.717) is 0 Å². The van der Waals surface area contributed by atoms with E-state index in [4.69, 9.17) is 0 Å². The van der Waals surface area contributed by atoms with Crippen LogP contribution in [0.4, 0.5) is 11.4 Å². The van der Waals surface area contributed by atoms with E-state index in [2.05, 4.69) is 103 Å². The Kier molecular flexibility index (Phi) is 6.80. The fourth-order valence-corrected chi connectivity index (χ4v) is 5.51. The van der Waals surface area contributed by atoms with Crippen molar-refractivity contribution in [3.8, 4) is 0 Å². The molecule has 0 amide bonds. The zero-order chi connectivity index (χ0) is 21.9. The van der Waals surface area contributed by atoms with E-state index in [9.17, 15) is 0 Å². The summed E-state index contributed by atoms with van der Waals surface area (Å²) in [6.07, 6.45) is 6.73. The normalized spacial score (nSPS) is 21.7. The van der Waals surface area contributed by atoms with Crippen molar-refractivity contribution in [2.45, 2.75) is 18.9 Å². The predicted molar refractivity (Wildman–Crippen MR) is 144 cm³/mol. The second-order valence-electron chi connectivity index (χ2n) is 9.12. The molecule has 168 valence electrons. The summed E-state index contributed by atoms with van der Waals surface area (Å²) in [6.45, 7) is 7.81. The van der Waals surface area contributed by atoms with Gasteiger partial charge in [0.1, 0.15) is 0 Å². The smallest absolute Gasteiger partial charge is 0.0660 e. The zero-order valence-electron chi connectivity index (χ0n) is 18.8. The number of hydrogen-bond acceptors (Lipinski definition) is 5. The maximum atomic E-state index is 4.51. The second-order valence-corrected chi connectivity index (χ2v) is 10.4. The Bertz CT molecular complexity index is 984. The Hall–Kier alpha value is -1.90. The first-order valence-corrected chi connectivity index (χ1v) is 12.8. The Balaban J connectivity index is 1.17. The van der Waals surface area contributed by atoms with Gasteiger partial charge in [0.15, 0.2) is 0 Å². The second kappa shape index (κ2) is 9.93. The summed E-state index contributed by atoms with van der Waals surface area (Å²) in [5.74, 6) is 0. The number of nitrogens with one attached hydrogen (secondary N) is 1. The number of fused-ring (bicyclic) bond motifs is 1. The number of piperidine rings is 1. The molecule has 3 aliphatic heterocycles. The van der Waals surface area contributed by atoms with E-state index in [1.807, 2.05) is 6.21 Å². The highest BCUT2D eigenvalue weighted by Gasteiger charge is 2.26. The molecule has 0 spiro atoms. The minimum atomic E-state index is 0.722. The molecule has 3 heterocycles. The molecule has 3 aliphatic rings. The molecule has 5 rings (SSSR count). The summed E-state index contributed by atoms with van der Waals surface area (Å²) >= 11 is 2.37. The number of aliphatic imine (C=N–C) groups is 1. The topological polar surface area (TPSA) is 34.1 Å². The minimum absolute atomic E-state index is 0.722. The maximum Gasteiger partial charge on any atom is 0.0660 e. The van der Waals surface area contributed by atoms with Crippen molar-refractivity contribution >= 4 is 45.8 Å². The summed E-state index contributed by atoms with van der Waals surface area (Å²) in [5.41, 5.74) is 6.15. The van der Waals surface area contributed by atoms with Crippen LogP contribution in [-0.4, -0.2) is 74.9 Å². The first kappa shape index (κ1) is 21.9. The lowest BCUT2D eigenvalue weighted by Crippen LogP contribution is -2.52.